The molecule has 0 bridgehead atoms. The fraction of sp³-hybridized carbons (Fsp3) is 0.184. The number of benzene rings is 4. The minimum absolute atomic E-state index is 0.189. The first-order valence-corrected chi connectivity index (χ1v) is 16.4. The molecule has 1 atom stereocenters. The zero-order valence-electron chi connectivity index (χ0n) is 25.8. The van der Waals surface area contributed by atoms with E-state index in [-0.39, 0.29) is 12.2 Å². The van der Waals surface area contributed by atoms with Crippen LogP contribution < -0.4 is 19.6 Å². The van der Waals surface area contributed by atoms with Gasteiger partial charge >= 0.3 is 5.97 Å². The number of hydrogen-bond donors (Lipinski definition) is 0. The third kappa shape index (κ3) is 6.48. The van der Waals surface area contributed by atoms with Crippen molar-refractivity contribution in [3.63, 3.8) is 0 Å². The second kappa shape index (κ2) is 13.7. The Kier molecular flexibility index (Phi) is 9.33. The monoisotopic (exact) mass is 648 g/mol. The second-order valence-electron chi connectivity index (χ2n) is 11.2. The molecule has 0 saturated carbocycles. The number of nitrogens with zero attached hydrogens (tertiary/aromatic N) is 2. The zero-order valence-corrected chi connectivity index (χ0v) is 27.3. The maximum atomic E-state index is 14.4. The Morgan fingerprint density at radius 2 is 1.67 bits per heavy atom. The van der Waals surface area contributed by atoms with E-state index >= 15 is 0 Å². The van der Waals surface area contributed by atoms with Crippen molar-refractivity contribution < 1.29 is 14.3 Å². The summed E-state index contributed by atoms with van der Waals surface area (Å²) in [5.74, 6) is 0.410. The summed E-state index contributed by atoms with van der Waals surface area (Å²) in [6.07, 6.45) is 1.78. The van der Waals surface area contributed by atoms with Gasteiger partial charge in [0.05, 0.1) is 28.5 Å². The van der Waals surface area contributed by atoms with Crippen molar-refractivity contribution in [3.8, 4) is 5.75 Å². The van der Waals surface area contributed by atoms with Crippen molar-refractivity contribution in [3.05, 3.63) is 161 Å². The lowest BCUT2D eigenvalue weighted by molar-refractivity contribution is -0.138. The van der Waals surface area contributed by atoms with Gasteiger partial charge in [0.15, 0.2) is 4.80 Å². The van der Waals surface area contributed by atoms with Crippen LogP contribution in [-0.2, 0) is 16.1 Å². The van der Waals surface area contributed by atoms with Crippen molar-refractivity contribution in [2.75, 3.05) is 6.61 Å². The highest BCUT2D eigenvalue weighted by molar-refractivity contribution is 7.07. The molecule has 0 radical (unpaired) electrons. The molecule has 2 heterocycles. The summed E-state index contributed by atoms with van der Waals surface area (Å²) < 4.78 is 13.8. The minimum atomic E-state index is -0.748. The van der Waals surface area contributed by atoms with Crippen molar-refractivity contribution in [2.24, 2.45) is 4.99 Å². The molecule has 0 unspecified atom stereocenters. The molecule has 4 aromatic carbocycles. The average Bonchev–Trinajstić information content (AvgIpc) is 3.38. The number of thiazole rings is 1. The van der Waals surface area contributed by atoms with E-state index in [1.54, 1.807) is 35.8 Å². The molecule has 0 spiro atoms. The summed E-state index contributed by atoms with van der Waals surface area (Å²) in [6, 6.07) is 32.1. The van der Waals surface area contributed by atoms with E-state index in [1.165, 1.54) is 11.3 Å². The highest BCUT2D eigenvalue weighted by Crippen LogP contribution is 2.35. The Morgan fingerprint density at radius 1 is 0.978 bits per heavy atom. The van der Waals surface area contributed by atoms with E-state index in [4.69, 9.17) is 26.1 Å². The van der Waals surface area contributed by atoms with E-state index in [2.05, 4.69) is 13.8 Å². The van der Waals surface area contributed by atoms with E-state index in [9.17, 15) is 9.59 Å². The summed E-state index contributed by atoms with van der Waals surface area (Å²) in [7, 11) is 0. The van der Waals surface area contributed by atoms with Crippen molar-refractivity contribution in [1.29, 1.82) is 0 Å². The van der Waals surface area contributed by atoms with Crippen LogP contribution in [-0.4, -0.2) is 17.1 Å². The average molecular weight is 649 g/mol. The van der Waals surface area contributed by atoms with Gasteiger partial charge in [0.1, 0.15) is 12.4 Å². The van der Waals surface area contributed by atoms with Crippen LogP contribution in [0, 0.1) is 0 Å². The van der Waals surface area contributed by atoms with Gasteiger partial charge in [-0.1, -0.05) is 122 Å². The van der Waals surface area contributed by atoms with Gasteiger partial charge in [-0.05, 0) is 53.8 Å². The molecule has 1 aliphatic heterocycles. The Balaban J connectivity index is 1.55. The van der Waals surface area contributed by atoms with Gasteiger partial charge in [-0.25, -0.2) is 9.79 Å². The molecule has 1 aromatic heterocycles. The molecule has 8 heteroatoms. The third-order valence-corrected chi connectivity index (χ3v) is 9.01. The Morgan fingerprint density at radius 3 is 2.35 bits per heavy atom. The highest BCUT2D eigenvalue weighted by atomic mass is 35.5. The maximum absolute atomic E-state index is 14.4. The molecule has 6 rings (SSSR count). The molecule has 0 saturated heterocycles. The van der Waals surface area contributed by atoms with Crippen molar-refractivity contribution in [2.45, 2.75) is 39.3 Å². The van der Waals surface area contributed by atoms with Gasteiger partial charge in [0.25, 0.3) is 5.56 Å². The van der Waals surface area contributed by atoms with E-state index in [1.807, 2.05) is 84.9 Å². The molecular weight excluding hydrogens is 616 g/mol. The number of carbonyl (C=O) groups excluding carboxylic acids is 1. The molecule has 5 aromatic rings. The number of halogens is 1. The van der Waals surface area contributed by atoms with Gasteiger partial charge in [-0.2, -0.15) is 0 Å². The summed E-state index contributed by atoms with van der Waals surface area (Å²) in [5, 5.41) is 0.519. The molecule has 232 valence electrons. The number of ether oxygens (including phenoxy) is 2. The fourth-order valence-electron chi connectivity index (χ4n) is 5.46. The number of esters is 1. The van der Waals surface area contributed by atoms with E-state index < -0.39 is 12.0 Å². The second-order valence-corrected chi connectivity index (χ2v) is 12.7. The summed E-state index contributed by atoms with van der Waals surface area (Å²) in [5.41, 5.74) is 4.93. The molecule has 6 nitrogen and oxygen atoms in total. The smallest absolute Gasteiger partial charge is 0.338 e. The van der Waals surface area contributed by atoms with Crippen LogP contribution in [0.3, 0.4) is 0 Å². The topological polar surface area (TPSA) is 69.9 Å². The van der Waals surface area contributed by atoms with Crippen molar-refractivity contribution >= 4 is 40.7 Å². The maximum Gasteiger partial charge on any atom is 0.338 e. The van der Waals surface area contributed by atoms with Gasteiger partial charge in [0.2, 0.25) is 0 Å². The predicted octanol–water partition coefficient (Wildman–Crippen LogP) is 7.29. The van der Waals surface area contributed by atoms with Crippen LogP contribution in [0.1, 0.15) is 60.5 Å². The number of hydrogen-bond acceptors (Lipinski definition) is 6. The lowest BCUT2D eigenvalue weighted by Gasteiger charge is -2.26. The molecule has 0 amide bonds. The number of fused-ring (bicyclic) bond motifs is 1. The zero-order chi connectivity index (χ0) is 32.2. The molecule has 0 N–H and O–H groups in total. The van der Waals surface area contributed by atoms with Crippen LogP contribution in [0.15, 0.2) is 118 Å². The Hall–Kier alpha value is -4.72. The minimum Gasteiger partial charge on any atom is -0.488 e. The lowest BCUT2D eigenvalue weighted by atomic mass is 9.91. The fourth-order valence-corrected chi connectivity index (χ4v) is 6.63. The quantitative estimate of drug-likeness (QED) is 0.157. The van der Waals surface area contributed by atoms with Gasteiger partial charge in [-0.15, -0.1) is 0 Å². The molecule has 0 fully saturated rings. The predicted molar refractivity (Wildman–Crippen MR) is 184 cm³/mol. The normalized spacial score (nSPS) is 14.6. The van der Waals surface area contributed by atoms with Crippen LogP contribution >= 0.6 is 22.9 Å². The first-order valence-electron chi connectivity index (χ1n) is 15.2. The molecule has 1 aliphatic rings. The number of carbonyl (C=O) groups is 1. The highest BCUT2D eigenvalue weighted by Gasteiger charge is 2.35. The first kappa shape index (κ1) is 31.3. The first-order chi connectivity index (χ1) is 22.3. The van der Waals surface area contributed by atoms with Crippen LogP contribution in [0.2, 0.25) is 5.02 Å². The van der Waals surface area contributed by atoms with Crippen molar-refractivity contribution in [1.82, 2.24) is 4.57 Å². The molecular formula is C38H33ClN2O4S. The van der Waals surface area contributed by atoms with Crippen LogP contribution in [0.4, 0.5) is 0 Å². The Labute approximate surface area is 276 Å². The van der Waals surface area contributed by atoms with Gasteiger partial charge in [-0.3, -0.25) is 9.36 Å². The number of aromatic nitrogens is 1. The summed E-state index contributed by atoms with van der Waals surface area (Å²) in [6.45, 7) is 6.58. The van der Waals surface area contributed by atoms with E-state index in [0.717, 1.165) is 22.3 Å². The Bertz CT molecular complexity index is 2080. The molecule has 0 aliphatic carbocycles. The summed E-state index contributed by atoms with van der Waals surface area (Å²) in [4.78, 5) is 33.5. The lowest BCUT2D eigenvalue weighted by Crippen LogP contribution is -2.40. The largest absolute Gasteiger partial charge is 0.488 e. The van der Waals surface area contributed by atoms with Gasteiger partial charge in [0, 0.05) is 16.1 Å². The van der Waals surface area contributed by atoms with Crippen LogP contribution in [0.5, 0.6) is 5.75 Å². The third-order valence-electron chi connectivity index (χ3n) is 7.79. The summed E-state index contributed by atoms with van der Waals surface area (Å²) >= 11 is 7.68. The van der Waals surface area contributed by atoms with Gasteiger partial charge < -0.3 is 9.47 Å². The SMILES string of the molecule is CCOC(=O)C1=C(c2ccccc2)N=c2s/c(=C\c3cc(Cl)ccc3OCc3ccccc3)c(=O)n2[C@H]1c1ccc(C(C)C)cc1. The van der Waals surface area contributed by atoms with Crippen LogP contribution in [0.25, 0.3) is 11.8 Å². The standard InChI is InChI=1S/C38H33ClN2O4S/c1-4-44-37(43)33-34(27-13-9-6-10-14-27)40-38-41(35(33)28-17-15-26(16-18-28)24(2)3)36(42)32(46-38)22-29-21-30(39)19-20-31(29)45-23-25-11-7-5-8-12-25/h5-22,24,35H,4,23H2,1-3H3/b32-22-/t35-/m0/s1. The number of rotatable bonds is 9. The molecule has 46 heavy (non-hydrogen) atoms. The van der Waals surface area contributed by atoms with E-state index in [0.29, 0.717) is 49.5 Å².